The molecule has 0 radical (unpaired) electrons. The van der Waals surface area contributed by atoms with Crippen molar-refractivity contribution in [3.63, 3.8) is 0 Å². The van der Waals surface area contributed by atoms with Gasteiger partial charge >= 0.3 is 5.97 Å². The highest BCUT2D eigenvalue weighted by atomic mass is 35.5. The normalized spacial score (nSPS) is 35.2. The van der Waals surface area contributed by atoms with E-state index in [1.807, 2.05) is 19.1 Å². The number of rotatable bonds is 2. The molecule has 4 heterocycles. The van der Waals surface area contributed by atoms with Gasteiger partial charge in [0.05, 0.1) is 12.1 Å². The standard InChI is InChI=1S/C18H20ClNO3/c1-10-2-12(4-13(19)3-10)18(22)23-16-7-14-5-11-6-15(8-16)20(14)9-17(11)21/h2-4,11,14-16H,5-9H2,1H3. The van der Waals surface area contributed by atoms with Crippen LogP contribution in [-0.4, -0.2) is 41.4 Å². The van der Waals surface area contributed by atoms with E-state index in [1.165, 1.54) is 0 Å². The van der Waals surface area contributed by atoms with Gasteiger partial charge in [0.2, 0.25) is 0 Å². The lowest BCUT2D eigenvalue weighted by molar-refractivity contribution is -0.145. The number of hydrogen-bond donors (Lipinski definition) is 0. The number of piperidine rings is 4. The average molecular weight is 334 g/mol. The highest BCUT2D eigenvalue weighted by Gasteiger charge is 2.49. The molecule has 0 aromatic heterocycles. The van der Waals surface area contributed by atoms with E-state index >= 15 is 0 Å². The highest BCUT2D eigenvalue weighted by Crippen LogP contribution is 2.42. The predicted molar refractivity (Wildman–Crippen MR) is 86.6 cm³/mol. The summed E-state index contributed by atoms with van der Waals surface area (Å²) in [4.78, 5) is 26.6. The van der Waals surface area contributed by atoms with Gasteiger partial charge in [-0.15, -0.1) is 0 Å². The van der Waals surface area contributed by atoms with Crippen molar-refractivity contribution in [2.45, 2.75) is 50.8 Å². The molecule has 2 atom stereocenters. The van der Waals surface area contributed by atoms with Crippen LogP contribution in [0.25, 0.3) is 0 Å². The Labute approximate surface area is 140 Å². The third-order valence-electron chi connectivity index (χ3n) is 5.47. The van der Waals surface area contributed by atoms with Crippen LogP contribution in [0.5, 0.6) is 0 Å². The number of carbonyl (C=O) groups is 2. The van der Waals surface area contributed by atoms with E-state index < -0.39 is 0 Å². The first-order chi connectivity index (χ1) is 11.0. The first-order valence-electron chi connectivity index (χ1n) is 8.26. The number of esters is 1. The molecule has 0 saturated carbocycles. The number of nitrogens with zero attached hydrogens (tertiary/aromatic N) is 1. The van der Waals surface area contributed by atoms with Crippen LogP contribution in [0.1, 0.15) is 41.6 Å². The van der Waals surface area contributed by atoms with Gasteiger partial charge in [-0.25, -0.2) is 4.79 Å². The zero-order valence-electron chi connectivity index (χ0n) is 13.1. The van der Waals surface area contributed by atoms with Crippen molar-refractivity contribution < 1.29 is 14.3 Å². The summed E-state index contributed by atoms with van der Waals surface area (Å²) in [6.45, 7) is 2.50. The molecule has 5 heteroatoms. The number of ketones is 1. The number of halogens is 1. The van der Waals surface area contributed by atoms with E-state index in [0.29, 0.717) is 35.0 Å². The molecule has 4 bridgehead atoms. The summed E-state index contributed by atoms with van der Waals surface area (Å²) in [6, 6.07) is 6.07. The van der Waals surface area contributed by atoms with Crippen LogP contribution in [0.2, 0.25) is 5.02 Å². The molecule has 4 aliphatic heterocycles. The Kier molecular flexibility index (Phi) is 3.69. The molecule has 4 nitrogen and oxygen atoms in total. The first-order valence-corrected chi connectivity index (χ1v) is 8.64. The van der Waals surface area contributed by atoms with Crippen molar-refractivity contribution in [1.29, 1.82) is 0 Å². The van der Waals surface area contributed by atoms with Crippen molar-refractivity contribution in [2.75, 3.05) is 6.54 Å². The fraction of sp³-hybridized carbons (Fsp3) is 0.556. The average Bonchev–Trinajstić information content (AvgIpc) is 2.46. The maximum atomic E-state index is 12.4. The molecule has 0 amide bonds. The Morgan fingerprint density at radius 1 is 1.17 bits per heavy atom. The zero-order valence-corrected chi connectivity index (χ0v) is 13.9. The Bertz CT molecular complexity index is 638. The maximum absolute atomic E-state index is 12.4. The summed E-state index contributed by atoms with van der Waals surface area (Å²) in [6.07, 6.45) is 3.48. The molecule has 4 saturated heterocycles. The van der Waals surface area contributed by atoms with Crippen molar-refractivity contribution in [3.8, 4) is 0 Å². The number of benzene rings is 1. The number of aryl methyl sites for hydroxylation is 1. The molecular formula is C18H20ClNO3. The lowest BCUT2D eigenvalue weighted by Crippen LogP contribution is -2.63. The molecular weight excluding hydrogens is 314 g/mol. The lowest BCUT2D eigenvalue weighted by Gasteiger charge is -2.54. The second-order valence-electron chi connectivity index (χ2n) is 7.13. The van der Waals surface area contributed by atoms with Gasteiger partial charge in [-0.2, -0.15) is 0 Å². The molecule has 122 valence electrons. The van der Waals surface area contributed by atoms with E-state index in [2.05, 4.69) is 4.90 Å². The van der Waals surface area contributed by atoms with Crippen LogP contribution in [0.15, 0.2) is 18.2 Å². The lowest BCUT2D eigenvalue weighted by atomic mass is 9.72. The summed E-state index contributed by atoms with van der Waals surface area (Å²) >= 11 is 6.02. The van der Waals surface area contributed by atoms with E-state index in [9.17, 15) is 9.59 Å². The first kappa shape index (κ1) is 15.2. The summed E-state index contributed by atoms with van der Waals surface area (Å²) in [5, 5.41) is 0.555. The Hall–Kier alpha value is -1.39. The van der Waals surface area contributed by atoms with Crippen LogP contribution in [0, 0.1) is 12.8 Å². The summed E-state index contributed by atoms with van der Waals surface area (Å²) in [7, 11) is 0. The Morgan fingerprint density at radius 2 is 1.87 bits per heavy atom. The van der Waals surface area contributed by atoms with Crippen LogP contribution in [0.4, 0.5) is 0 Å². The summed E-state index contributed by atoms with van der Waals surface area (Å²) < 4.78 is 5.75. The molecule has 5 rings (SSSR count). The van der Waals surface area contributed by atoms with Crippen molar-refractivity contribution in [2.24, 2.45) is 5.92 Å². The topological polar surface area (TPSA) is 46.6 Å². The zero-order chi connectivity index (χ0) is 16.1. The van der Waals surface area contributed by atoms with Gasteiger partial charge < -0.3 is 4.74 Å². The molecule has 0 N–H and O–H groups in total. The second-order valence-corrected chi connectivity index (χ2v) is 7.57. The Balaban J connectivity index is 1.45. The minimum Gasteiger partial charge on any atom is -0.459 e. The fourth-order valence-electron chi connectivity index (χ4n) is 4.49. The molecule has 4 fully saturated rings. The van der Waals surface area contributed by atoms with Gasteiger partial charge in [0.1, 0.15) is 11.9 Å². The molecule has 0 spiro atoms. The third kappa shape index (κ3) is 2.79. The number of carbonyl (C=O) groups excluding carboxylic acids is 2. The van der Waals surface area contributed by atoms with Gasteiger partial charge in [0.15, 0.2) is 0 Å². The predicted octanol–water partition coefficient (Wildman–Crippen LogP) is 3.00. The van der Waals surface area contributed by atoms with Gasteiger partial charge in [-0.05, 0) is 43.5 Å². The van der Waals surface area contributed by atoms with Crippen molar-refractivity contribution >= 4 is 23.4 Å². The van der Waals surface area contributed by atoms with E-state index in [0.717, 1.165) is 31.2 Å². The van der Waals surface area contributed by atoms with Crippen molar-refractivity contribution in [1.82, 2.24) is 4.90 Å². The van der Waals surface area contributed by atoms with E-state index in [4.69, 9.17) is 16.3 Å². The summed E-state index contributed by atoms with van der Waals surface area (Å²) in [5.41, 5.74) is 1.47. The minimum absolute atomic E-state index is 0.0535. The molecule has 4 aliphatic rings. The van der Waals surface area contributed by atoms with Gasteiger partial charge in [-0.3, -0.25) is 9.69 Å². The van der Waals surface area contributed by atoms with Crippen LogP contribution in [0.3, 0.4) is 0 Å². The van der Waals surface area contributed by atoms with Gasteiger partial charge in [-0.1, -0.05) is 11.6 Å². The number of ether oxygens (including phenoxy) is 1. The molecule has 2 unspecified atom stereocenters. The fourth-order valence-corrected chi connectivity index (χ4v) is 4.78. The largest absolute Gasteiger partial charge is 0.459 e. The quantitative estimate of drug-likeness (QED) is 0.781. The van der Waals surface area contributed by atoms with Crippen molar-refractivity contribution in [3.05, 3.63) is 34.3 Å². The number of hydrogen-bond acceptors (Lipinski definition) is 4. The molecule has 1 aromatic rings. The molecule has 23 heavy (non-hydrogen) atoms. The highest BCUT2D eigenvalue weighted by molar-refractivity contribution is 6.31. The minimum atomic E-state index is -0.295. The van der Waals surface area contributed by atoms with Gasteiger partial charge in [0.25, 0.3) is 0 Å². The van der Waals surface area contributed by atoms with Gasteiger partial charge in [0, 0.05) is 35.9 Å². The number of fused-ring (bicyclic) bond motifs is 1. The van der Waals surface area contributed by atoms with Crippen LogP contribution < -0.4 is 0 Å². The van der Waals surface area contributed by atoms with Crippen LogP contribution in [-0.2, 0) is 9.53 Å². The maximum Gasteiger partial charge on any atom is 0.338 e. The number of Topliss-reactive ketones (excluding diaryl/α,β-unsaturated/α-hetero) is 1. The van der Waals surface area contributed by atoms with E-state index in [-0.39, 0.29) is 18.0 Å². The van der Waals surface area contributed by atoms with Crippen LogP contribution >= 0.6 is 11.6 Å². The smallest absolute Gasteiger partial charge is 0.338 e. The monoisotopic (exact) mass is 333 g/mol. The molecule has 0 aliphatic carbocycles. The van der Waals surface area contributed by atoms with E-state index in [1.54, 1.807) is 6.07 Å². The third-order valence-corrected chi connectivity index (χ3v) is 5.68. The Morgan fingerprint density at radius 3 is 2.48 bits per heavy atom. The summed E-state index contributed by atoms with van der Waals surface area (Å²) in [5.74, 6) is 0.335. The molecule has 1 aromatic carbocycles. The SMILES string of the molecule is Cc1cc(Cl)cc(C(=O)OC2CC3CC4CC(C2)N3CC4=O)c1. The second kappa shape index (κ2) is 5.60.